The molecule has 5 rings (SSSR count). The number of carbonyl (C=O) groups is 1. The summed E-state index contributed by atoms with van der Waals surface area (Å²) in [5.41, 5.74) is 0.388. The molecule has 5 heteroatoms. The fourth-order valence-corrected chi connectivity index (χ4v) is 5.79. The molecule has 1 spiro atoms. The van der Waals surface area contributed by atoms with E-state index in [1.807, 2.05) is 6.07 Å². The van der Waals surface area contributed by atoms with Gasteiger partial charge in [0.2, 0.25) is 0 Å². The Balaban J connectivity index is 1.84. The number of likely N-dealkylation sites (N-methyl/N-ethyl adjacent to an activating group) is 1. The van der Waals surface area contributed by atoms with E-state index in [0.29, 0.717) is 25.0 Å². The molecule has 0 amide bonds. The molecule has 2 N–H and O–H groups in total. The quantitative estimate of drug-likeness (QED) is 0.813. The third-order valence-corrected chi connectivity index (χ3v) is 6.77. The first kappa shape index (κ1) is 13.8. The highest BCUT2D eigenvalue weighted by atomic mass is 16.5. The van der Waals surface area contributed by atoms with Crippen LogP contribution >= 0.6 is 0 Å². The number of aromatic hydroxyl groups is 1. The van der Waals surface area contributed by atoms with Gasteiger partial charge in [0.15, 0.2) is 23.4 Å². The van der Waals surface area contributed by atoms with Crippen LogP contribution < -0.4 is 4.74 Å². The fraction of sp³-hybridized carbons (Fsp3) is 0.611. The molecule has 0 radical (unpaired) electrons. The van der Waals surface area contributed by atoms with Crippen LogP contribution in [0.15, 0.2) is 12.1 Å². The number of ether oxygens (including phenoxy) is 1. The van der Waals surface area contributed by atoms with E-state index in [1.165, 1.54) is 0 Å². The van der Waals surface area contributed by atoms with Crippen LogP contribution in [0.1, 0.15) is 37.3 Å². The molecule has 122 valence electrons. The van der Waals surface area contributed by atoms with Crippen LogP contribution in [0.25, 0.3) is 0 Å². The maximum Gasteiger partial charge on any atom is 0.174 e. The number of phenols is 1. The van der Waals surface area contributed by atoms with Gasteiger partial charge in [0, 0.05) is 18.0 Å². The first-order chi connectivity index (χ1) is 11.0. The number of aliphatic hydroxyl groups is 1. The maximum absolute atomic E-state index is 12.6. The number of nitrogens with zero attached hydrogens (tertiary/aromatic N) is 1. The maximum atomic E-state index is 12.6. The first-order valence-electron chi connectivity index (χ1n) is 8.54. The zero-order chi connectivity index (χ0) is 16.0. The zero-order valence-electron chi connectivity index (χ0n) is 13.2. The topological polar surface area (TPSA) is 70.0 Å². The number of rotatable bonds is 1. The minimum Gasteiger partial charge on any atom is -0.504 e. The number of benzene rings is 1. The van der Waals surface area contributed by atoms with Crippen LogP contribution in [-0.2, 0) is 16.6 Å². The Morgan fingerprint density at radius 1 is 1.39 bits per heavy atom. The number of carbonyl (C=O) groups excluding carboxylic acids is 1. The van der Waals surface area contributed by atoms with Crippen LogP contribution in [0.4, 0.5) is 0 Å². The van der Waals surface area contributed by atoms with Gasteiger partial charge in [-0.05, 0) is 44.0 Å². The molecule has 1 saturated carbocycles. The Morgan fingerprint density at radius 3 is 3.00 bits per heavy atom. The summed E-state index contributed by atoms with van der Waals surface area (Å²) in [6.45, 7) is 3.86. The van der Waals surface area contributed by atoms with E-state index >= 15 is 0 Å². The monoisotopic (exact) mass is 315 g/mol. The average Bonchev–Trinajstić information content (AvgIpc) is 2.89. The summed E-state index contributed by atoms with van der Waals surface area (Å²) in [4.78, 5) is 14.9. The molecule has 2 heterocycles. The minimum atomic E-state index is -0.953. The number of ketones is 1. The normalized spacial score (nSPS) is 40.7. The summed E-state index contributed by atoms with van der Waals surface area (Å²) in [5.74, 6) is 0.574. The highest BCUT2D eigenvalue weighted by molar-refractivity contribution is 5.90. The van der Waals surface area contributed by atoms with Crippen molar-refractivity contribution in [2.75, 3.05) is 13.1 Å². The van der Waals surface area contributed by atoms with Gasteiger partial charge in [0.05, 0.1) is 11.0 Å². The van der Waals surface area contributed by atoms with Crippen LogP contribution in [0, 0.1) is 0 Å². The van der Waals surface area contributed by atoms with Crippen molar-refractivity contribution in [1.29, 1.82) is 0 Å². The molecule has 4 aliphatic rings. The second-order valence-electron chi connectivity index (χ2n) is 7.41. The highest BCUT2D eigenvalue weighted by Gasteiger charge is 2.72. The molecular weight excluding hydrogens is 294 g/mol. The lowest BCUT2D eigenvalue weighted by molar-refractivity contribution is -0.187. The minimum absolute atomic E-state index is 0.0171. The molecule has 0 unspecified atom stereocenters. The molecule has 2 aliphatic heterocycles. The van der Waals surface area contributed by atoms with Crippen molar-refractivity contribution >= 4 is 5.78 Å². The number of Topliss-reactive ketones (excluding diaryl/α,β-unsaturated/α-hetero) is 1. The summed E-state index contributed by atoms with van der Waals surface area (Å²) < 4.78 is 5.98. The van der Waals surface area contributed by atoms with Gasteiger partial charge in [0.25, 0.3) is 0 Å². The van der Waals surface area contributed by atoms with E-state index in [0.717, 1.165) is 30.6 Å². The molecule has 1 aromatic carbocycles. The van der Waals surface area contributed by atoms with Gasteiger partial charge in [0.1, 0.15) is 0 Å². The zero-order valence-corrected chi connectivity index (χ0v) is 13.2. The Hall–Kier alpha value is -1.59. The second-order valence-corrected chi connectivity index (χ2v) is 7.41. The van der Waals surface area contributed by atoms with Gasteiger partial charge in [-0.2, -0.15) is 0 Å². The second kappa shape index (κ2) is 4.08. The standard InChI is InChI=1S/C18H21NO4/c1-2-19-8-7-17-14-10-3-4-11(20)15(14)23-16(17)12(21)5-6-18(17,22)13(19)9-10/h3-4,13,16,20,22H,2,5-9H2,1H3/t13-,16+,17+,18-/m1/s1. The van der Waals surface area contributed by atoms with Crippen molar-refractivity contribution in [2.45, 2.75) is 55.8 Å². The Bertz CT molecular complexity index is 732. The number of phenolic OH excluding ortho intramolecular Hbond substituents is 1. The Kier molecular flexibility index (Phi) is 2.45. The van der Waals surface area contributed by atoms with Crippen molar-refractivity contribution in [3.8, 4) is 11.5 Å². The molecule has 4 atom stereocenters. The predicted molar refractivity (Wildman–Crippen MR) is 82.7 cm³/mol. The Morgan fingerprint density at radius 2 is 2.22 bits per heavy atom. The average molecular weight is 315 g/mol. The number of hydrogen-bond donors (Lipinski definition) is 2. The molecular formula is C18H21NO4. The van der Waals surface area contributed by atoms with Gasteiger partial charge in [-0.15, -0.1) is 0 Å². The predicted octanol–water partition coefficient (Wildman–Crippen LogP) is 1.14. The molecule has 23 heavy (non-hydrogen) atoms. The smallest absolute Gasteiger partial charge is 0.174 e. The lowest BCUT2D eigenvalue weighted by Crippen LogP contribution is -2.76. The third kappa shape index (κ3) is 1.32. The molecule has 1 saturated heterocycles. The number of hydrogen-bond acceptors (Lipinski definition) is 5. The van der Waals surface area contributed by atoms with Gasteiger partial charge in [-0.25, -0.2) is 0 Å². The van der Waals surface area contributed by atoms with Gasteiger partial charge in [-0.1, -0.05) is 13.0 Å². The Labute approximate surface area is 134 Å². The SMILES string of the molecule is CCN1CC[C@]23c4c5ccc(O)c4O[C@H]2C(=O)CC[C@@]3(O)[C@H]1C5. The first-order valence-corrected chi connectivity index (χ1v) is 8.54. The van der Waals surface area contributed by atoms with E-state index in [-0.39, 0.29) is 17.6 Å². The van der Waals surface area contributed by atoms with Crippen molar-refractivity contribution in [3.05, 3.63) is 23.3 Å². The van der Waals surface area contributed by atoms with Crippen molar-refractivity contribution in [1.82, 2.24) is 4.90 Å². The molecule has 1 aromatic rings. The van der Waals surface area contributed by atoms with Crippen molar-refractivity contribution in [3.63, 3.8) is 0 Å². The van der Waals surface area contributed by atoms with Gasteiger partial charge in [-0.3, -0.25) is 9.69 Å². The lowest BCUT2D eigenvalue weighted by atomic mass is 9.49. The lowest BCUT2D eigenvalue weighted by Gasteiger charge is -2.62. The van der Waals surface area contributed by atoms with Crippen LogP contribution in [0.5, 0.6) is 11.5 Å². The van der Waals surface area contributed by atoms with E-state index in [9.17, 15) is 15.0 Å². The summed E-state index contributed by atoms with van der Waals surface area (Å²) in [6, 6.07) is 3.61. The summed E-state index contributed by atoms with van der Waals surface area (Å²) in [7, 11) is 0. The highest BCUT2D eigenvalue weighted by Crippen LogP contribution is 2.64. The summed E-state index contributed by atoms with van der Waals surface area (Å²) in [6.07, 6.45) is 1.64. The van der Waals surface area contributed by atoms with E-state index in [4.69, 9.17) is 4.74 Å². The third-order valence-electron chi connectivity index (χ3n) is 6.77. The van der Waals surface area contributed by atoms with Crippen LogP contribution in [0.2, 0.25) is 0 Å². The number of piperidine rings is 1. The summed E-state index contributed by atoms with van der Waals surface area (Å²) >= 11 is 0. The van der Waals surface area contributed by atoms with Gasteiger partial charge < -0.3 is 14.9 Å². The number of likely N-dealkylation sites (tertiary alicyclic amines) is 1. The molecule has 0 aromatic heterocycles. The van der Waals surface area contributed by atoms with E-state index < -0.39 is 17.1 Å². The molecule has 2 bridgehead atoms. The van der Waals surface area contributed by atoms with Crippen LogP contribution in [0.3, 0.4) is 0 Å². The fourth-order valence-electron chi connectivity index (χ4n) is 5.79. The largest absolute Gasteiger partial charge is 0.504 e. The van der Waals surface area contributed by atoms with E-state index in [2.05, 4.69) is 11.8 Å². The van der Waals surface area contributed by atoms with Crippen molar-refractivity contribution in [2.24, 2.45) is 0 Å². The molecule has 2 fully saturated rings. The van der Waals surface area contributed by atoms with Crippen LogP contribution in [-0.4, -0.2) is 51.7 Å². The van der Waals surface area contributed by atoms with Gasteiger partial charge >= 0.3 is 0 Å². The molecule has 2 aliphatic carbocycles. The molecule has 5 nitrogen and oxygen atoms in total. The van der Waals surface area contributed by atoms with Crippen molar-refractivity contribution < 1.29 is 19.7 Å². The summed E-state index contributed by atoms with van der Waals surface area (Å²) in [5, 5.41) is 22.0. The van der Waals surface area contributed by atoms with E-state index in [1.54, 1.807) is 6.07 Å².